The maximum atomic E-state index is 6.77. The molecule has 11 rings (SSSR count). The molecule has 0 N–H and O–H groups in total. The fraction of sp³-hybridized carbons (Fsp3) is 0. The highest BCUT2D eigenvalue weighted by atomic mass is 16.3. The predicted molar refractivity (Wildman–Crippen MR) is 205 cm³/mol. The molecule has 4 heterocycles. The van der Waals surface area contributed by atoms with E-state index in [4.69, 9.17) is 23.8 Å². The third kappa shape index (κ3) is 4.20. The molecule has 0 aliphatic carbocycles. The van der Waals surface area contributed by atoms with E-state index in [1.165, 1.54) is 10.8 Å². The molecule has 0 atom stereocenters. The van der Waals surface area contributed by atoms with Crippen molar-refractivity contribution in [1.82, 2.24) is 19.5 Å². The van der Waals surface area contributed by atoms with Gasteiger partial charge in [-0.3, -0.25) is 0 Å². The second-order valence-electron chi connectivity index (χ2n) is 12.8. The Balaban J connectivity index is 1.15. The topological polar surface area (TPSA) is 69.9 Å². The van der Waals surface area contributed by atoms with Crippen LogP contribution in [0, 0.1) is 0 Å². The Hall–Kier alpha value is -7.05. The van der Waals surface area contributed by atoms with Gasteiger partial charge in [-0.25, -0.2) is 15.0 Å². The van der Waals surface area contributed by atoms with Gasteiger partial charge in [0.1, 0.15) is 16.7 Å². The number of hydrogen-bond acceptors (Lipinski definition) is 5. The highest BCUT2D eigenvalue weighted by molar-refractivity contribution is 6.16. The number of benzene rings is 7. The normalized spacial score (nSPS) is 11.9. The van der Waals surface area contributed by atoms with Crippen LogP contribution in [-0.4, -0.2) is 19.5 Å². The zero-order valence-electron chi connectivity index (χ0n) is 27.1. The van der Waals surface area contributed by atoms with Gasteiger partial charge in [-0.05, 0) is 42.5 Å². The standard InChI is InChI=1S/C45H26N4O2/c1-2-12-27(13-3-1)43-46-44(28-24-25-32-31-16-6-9-22-38(31)50-40(32)26-28)48-45(47-43)34-18-11-23-39-41(34)33-17-10-21-37(42(33)51-39)49-35-19-7-4-14-29(35)30-15-5-8-20-36(30)49/h1-26H. The minimum Gasteiger partial charge on any atom is -0.456 e. The van der Waals surface area contributed by atoms with Crippen LogP contribution >= 0.6 is 0 Å². The zero-order chi connectivity index (χ0) is 33.5. The summed E-state index contributed by atoms with van der Waals surface area (Å²) in [6, 6.07) is 53.8. The first-order valence-electron chi connectivity index (χ1n) is 16.9. The van der Waals surface area contributed by atoms with Gasteiger partial charge in [0.05, 0.1) is 16.7 Å². The molecule has 238 valence electrons. The van der Waals surface area contributed by atoms with Crippen LogP contribution in [0.15, 0.2) is 167 Å². The molecule has 0 aliphatic heterocycles. The summed E-state index contributed by atoms with van der Waals surface area (Å²) >= 11 is 0. The largest absolute Gasteiger partial charge is 0.456 e. The van der Waals surface area contributed by atoms with Crippen LogP contribution in [0.1, 0.15) is 0 Å². The number of furan rings is 2. The number of fused-ring (bicyclic) bond motifs is 9. The molecule has 0 unspecified atom stereocenters. The van der Waals surface area contributed by atoms with Crippen LogP contribution in [0.5, 0.6) is 0 Å². The van der Waals surface area contributed by atoms with Crippen molar-refractivity contribution in [2.75, 3.05) is 0 Å². The first kappa shape index (κ1) is 27.9. The molecule has 0 saturated carbocycles. The number of aromatic nitrogens is 4. The molecule has 0 saturated heterocycles. The minimum atomic E-state index is 0.567. The van der Waals surface area contributed by atoms with E-state index in [1.54, 1.807) is 0 Å². The molecule has 0 radical (unpaired) electrons. The summed E-state index contributed by atoms with van der Waals surface area (Å²) in [7, 11) is 0. The van der Waals surface area contributed by atoms with Crippen LogP contribution < -0.4 is 0 Å². The number of para-hydroxylation sites is 4. The van der Waals surface area contributed by atoms with Crippen molar-refractivity contribution in [3.8, 4) is 39.9 Å². The van der Waals surface area contributed by atoms with Gasteiger partial charge < -0.3 is 13.4 Å². The zero-order valence-corrected chi connectivity index (χ0v) is 27.1. The van der Waals surface area contributed by atoms with Crippen molar-refractivity contribution in [3.63, 3.8) is 0 Å². The lowest BCUT2D eigenvalue weighted by molar-refractivity contribution is 0.666. The van der Waals surface area contributed by atoms with E-state index < -0.39 is 0 Å². The van der Waals surface area contributed by atoms with Crippen molar-refractivity contribution in [1.29, 1.82) is 0 Å². The molecular weight excluding hydrogens is 629 g/mol. The van der Waals surface area contributed by atoms with Crippen molar-refractivity contribution in [2.45, 2.75) is 0 Å². The molecule has 6 nitrogen and oxygen atoms in total. The fourth-order valence-electron chi connectivity index (χ4n) is 7.58. The lowest BCUT2D eigenvalue weighted by Gasteiger charge is -2.10. The average Bonchev–Trinajstić information content (AvgIpc) is 3.87. The third-order valence-corrected chi connectivity index (χ3v) is 9.87. The third-order valence-electron chi connectivity index (χ3n) is 9.87. The maximum absolute atomic E-state index is 6.77. The first-order chi connectivity index (χ1) is 25.3. The average molecular weight is 655 g/mol. The van der Waals surface area contributed by atoms with Gasteiger partial charge in [-0.1, -0.05) is 115 Å². The highest BCUT2D eigenvalue weighted by Crippen LogP contribution is 2.41. The summed E-state index contributed by atoms with van der Waals surface area (Å²) in [6.45, 7) is 0. The lowest BCUT2D eigenvalue weighted by atomic mass is 10.0. The van der Waals surface area contributed by atoms with E-state index in [9.17, 15) is 0 Å². The summed E-state index contributed by atoms with van der Waals surface area (Å²) < 4.78 is 15.3. The monoisotopic (exact) mass is 654 g/mol. The predicted octanol–water partition coefficient (Wildman–Crippen LogP) is 11.8. The quantitative estimate of drug-likeness (QED) is 0.189. The van der Waals surface area contributed by atoms with Crippen LogP contribution in [-0.2, 0) is 0 Å². The molecule has 0 amide bonds. The Morgan fingerprint density at radius 1 is 0.392 bits per heavy atom. The van der Waals surface area contributed by atoms with E-state index in [0.717, 1.165) is 77.3 Å². The molecule has 51 heavy (non-hydrogen) atoms. The van der Waals surface area contributed by atoms with Crippen molar-refractivity contribution in [2.24, 2.45) is 0 Å². The molecule has 0 aliphatic rings. The molecule has 0 fully saturated rings. The fourth-order valence-corrected chi connectivity index (χ4v) is 7.58. The summed E-state index contributed by atoms with van der Waals surface area (Å²) in [5.41, 5.74) is 9.07. The summed E-state index contributed by atoms with van der Waals surface area (Å²) in [5, 5.41) is 6.49. The van der Waals surface area contributed by atoms with E-state index >= 15 is 0 Å². The molecular formula is C45H26N4O2. The minimum absolute atomic E-state index is 0.567. The van der Waals surface area contributed by atoms with Gasteiger partial charge >= 0.3 is 0 Å². The van der Waals surface area contributed by atoms with Crippen LogP contribution in [0.4, 0.5) is 0 Å². The Labute approximate surface area is 290 Å². The lowest BCUT2D eigenvalue weighted by Crippen LogP contribution is -2.00. The molecule has 0 spiro atoms. The highest BCUT2D eigenvalue weighted by Gasteiger charge is 2.21. The van der Waals surface area contributed by atoms with Crippen molar-refractivity contribution < 1.29 is 8.83 Å². The van der Waals surface area contributed by atoms with Crippen molar-refractivity contribution in [3.05, 3.63) is 158 Å². The molecule has 6 heteroatoms. The molecule has 7 aromatic carbocycles. The van der Waals surface area contributed by atoms with E-state index in [-0.39, 0.29) is 0 Å². The van der Waals surface area contributed by atoms with E-state index in [0.29, 0.717) is 17.5 Å². The summed E-state index contributed by atoms with van der Waals surface area (Å²) in [6.07, 6.45) is 0. The van der Waals surface area contributed by atoms with Gasteiger partial charge in [0, 0.05) is 49.0 Å². The van der Waals surface area contributed by atoms with Crippen LogP contribution in [0.25, 0.3) is 106 Å². The maximum Gasteiger partial charge on any atom is 0.164 e. The molecule has 4 aromatic heterocycles. The second kappa shape index (κ2) is 10.7. The Morgan fingerprint density at radius 3 is 1.80 bits per heavy atom. The van der Waals surface area contributed by atoms with Gasteiger partial charge in [-0.15, -0.1) is 0 Å². The summed E-state index contributed by atoms with van der Waals surface area (Å²) in [4.78, 5) is 15.2. The number of rotatable bonds is 4. The van der Waals surface area contributed by atoms with Crippen LogP contribution in [0.3, 0.4) is 0 Å². The number of hydrogen-bond donors (Lipinski definition) is 0. The van der Waals surface area contributed by atoms with Gasteiger partial charge in [0.2, 0.25) is 0 Å². The van der Waals surface area contributed by atoms with E-state index in [1.807, 2.05) is 66.7 Å². The van der Waals surface area contributed by atoms with Gasteiger partial charge in [-0.2, -0.15) is 0 Å². The smallest absolute Gasteiger partial charge is 0.164 e. The van der Waals surface area contributed by atoms with Gasteiger partial charge in [0.25, 0.3) is 0 Å². The second-order valence-corrected chi connectivity index (χ2v) is 12.8. The Morgan fingerprint density at radius 2 is 1.00 bits per heavy atom. The number of nitrogens with zero attached hydrogens (tertiary/aromatic N) is 4. The van der Waals surface area contributed by atoms with Gasteiger partial charge in [0.15, 0.2) is 23.1 Å². The summed E-state index contributed by atoms with van der Waals surface area (Å²) in [5.74, 6) is 1.73. The van der Waals surface area contributed by atoms with Crippen LogP contribution in [0.2, 0.25) is 0 Å². The SMILES string of the molecule is c1ccc(-c2nc(-c3ccc4c(c3)oc3ccccc34)nc(-c3cccc4oc5c(-n6c7ccccc7c7ccccc76)cccc5c34)n2)cc1. The molecule has 0 bridgehead atoms. The molecule has 11 aromatic rings. The Bertz CT molecular complexity index is 3100. The Kier molecular flexibility index (Phi) is 5.86. The van der Waals surface area contributed by atoms with Crippen molar-refractivity contribution >= 4 is 65.7 Å². The first-order valence-corrected chi connectivity index (χ1v) is 16.9. The van der Waals surface area contributed by atoms with E-state index in [2.05, 4.69) is 95.6 Å².